The molecular weight excluding hydrogens is 504 g/mol. The van der Waals surface area contributed by atoms with Crippen molar-refractivity contribution >= 4 is 35.2 Å². The zero-order valence-corrected chi connectivity index (χ0v) is 22.1. The first-order valence-electron chi connectivity index (χ1n) is 11.9. The summed E-state index contributed by atoms with van der Waals surface area (Å²) in [5, 5.41) is 2.75. The van der Waals surface area contributed by atoms with Crippen LogP contribution in [0, 0.1) is 5.92 Å². The molecule has 2 atom stereocenters. The van der Waals surface area contributed by atoms with Crippen LogP contribution in [0.25, 0.3) is 0 Å². The fourth-order valence-corrected chi connectivity index (χ4v) is 5.53. The predicted octanol–water partition coefficient (Wildman–Crippen LogP) is 3.69. The Hall–Kier alpha value is -4.24. The van der Waals surface area contributed by atoms with Gasteiger partial charge in [-0.3, -0.25) is 14.9 Å². The molecule has 1 fully saturated rings. The molecule has 1 aliphatic heterocycles. The van der Waals surface area contributed by atoms with Crippen molar-refractivity contribution in [2.24, 2.45) is 5.92 Å². The minimum atomic E-state index is -1.28. The summed E-state index contributed by atoms with van der Waals surface area (Å²) in [5.74, 6) is -1.83. The summed E-state index contributed by atoms with van der Waals surface area (Å²) in [6, 6.07) is 24.1. The van der Waals surface area contributed by atoms with Gasteiger partial charge in [-0.25, -0.2) is 4.79 Å². The van der Waals surface area contributed by atoms with Crippen molar-refractivity contribution in [3.8, 4) is 5.75 Å². The molecule has 3 aromatic rings. The Bertz CT molecular complexity index is 1270. The number of nitrogens with zero attached hydrogens (tertiary/aromatic N) is 1. The van der Waals surface area contributed by atoms with Gasteiger partial charge in [0.25, 0.3) is 5.91 Å². The van der Waals surface area contributed by atoms with Crippen LogP contribution in [0.15, 0.2) is 84.9 Å². The number of benzene rings is 3. The van der Waals surface area contributed by atoms with Crippen LogP contribution < -0.4 is 10.1 Å². The van der Waals surface area contributed by atoms with Crippen molar-refractivity contribution in [3.63, 3.8) is 0 Å². The molecule has 1 aliphatic rings. The van der Waals surface area contributed by atoms with Crippen LogP contribution >= 0.6 is 12.2 Å². The molecule has 196 valence electrons. The van der Waals surface area contributed by atoms with Crippen molar-refractivity contribution in [1.82, 2.24) is 10.2 Å². The predicted molar refractivity (Wildman–Crippen MR) is 144 cm³/mol. The first-order chi connectivity index (χ1) is 18.4. The number of nitrogens with one attached hydrogen (secondary N) is 1. The summed E-state index contributed by atoms with van der Waals surface area (Å²) in [6.07, 6.45) is 0.0572. The van der Waals surface area contributed by atoms with Crippen molar-refractivity contribution < 1.29 is 28.6 Å². The number of esters is 2. The second kappa shape index (κ2) is 11.4. The number of ether oxygens (including phenoxy) is 3. The number of carbonyl (C=O) groups is 3. The van der Waals surface area contributed by atoms with Gasteiger partial charge in [-0.2, -0.15) is 0 Å². The smallest absolute Gasteiger partial charge is 0.328 e. The summed E-state index contributed by atoms with van der Waals surface area (Å²) < 4.78 is 15.5. The van der Waals surface area contributed by atoms with Gasteiger partial charge in [0, 0.05) is 5.56 Å². The van der Waals surface area contributed by atoms with Crippen LogP contribution in [-0.4, -0.2) is 55.2 Å². The minimum Gasteiger partial charge on any atom is -0.497 e. The Labute approximate surface area is 226 Å². The first-order valence-corrected chi connectivity index (χ1v) is 12.3. The van der Waals surface area contributed by atoms with E-state index < -0.39 is 35.3 Å². The number of hydrogen-bond acceptors (Lipinski definition) is 7. The standard InChI is InChI=1S/C29H28N2O6S/c1-35-22-16-14-19(15-17-22)25(32)30-28(38)31-24(27(34)37-3)18-23(26(33)36-2)29(31,20-10-6-4-7-11-20)21-12-8-5-9-13-21/h4-17,23-24H,18H2,1-3H3,(H,30,32,38)/t23-,24+/m0/s1. The third kappa shape index (κ3) is 4.72. The molecule has 4 rings (SSSR count). The molecule has 3 aromatic carbocycles. The lowest BCUT2D eigenvalue weighted by molar-refractivity contribution is -0.147. The Balaban J connectivity index is 1.90. The van der Waals surface area contributed by atoms with E-state index in [2.05, 4.69) is 5.32 Å². The van der Waals surface area contributed by atoms with Gasteiger partial charge in [0.15, 0.2) is 5.11 Å². The summed E-state index contributed by atoms with van der Waals surface area (Å²) in [7, 11) is 4.12. The molecule has 0 radical (unpaired) electrons. The third-order valence-electron chi connectivity index (χ3n) is 6.83. The Morgan fingerprint density at radius 2 is 1.34 bits per heavy atom. The van der Waals surface area contributed by atoms with Crippen LogP contribution in [0.3, 0.4) is 0 Å². The molecule has 0 saturated carbocycles. The molecule has 0 bridgehead atoms. The highest BCUT2D eigenvalue weighted by Crippen LogP contribution is 2.52. The second-order valence-electron chi connectivity index (χ2n) is 8.71. The summed E-state index contributed by atoms with van der Waals surface area (Å²) in [6.45, 7) is 0. The van der Waals surface area contributed by atoms with E-state index in [0.29, 0.717) is 22.4 Å². The van der Waals surface area contributed by atoms with Crippen molar-refractivity contribution in [2.45, 2.75) is 18.0 Å². The normalized spacial score (nSPS) is 17.8. The van der Waals surface area contributed by atoms with E-state index in [1.54, 1.807) is 29.2 Å². The van der Waals surface area contributed by atoms with Crippen LogP contribution in [0.2, 0.25) is 0 Å². The third-order valence-corrected chi connectivity index (χ3v) is 7.13. The number of methoxy groups -OCH3 is 3. The molecule has 0 spiro atoms. The zero-order chi connectivity index (χ0) is 27.3. The molecule has 8 nitrogen and oxygen atoms in total. The average molecular weight is 533 g/mol. The van der Waals surface area contributed by atoms with E-state index >= 15 is 0 Å². The second-order valence-corrected chi connectivity index (χ2v) is 9.09. The minimum absolute atomic E-state index is 0.0275. The quantitative estimate of drug-likeness (QED) is 0.380. The zero-order valence-electron chi connectivity index (χ0n) is 21.2. The molecule has 1 N–H and O–H groups in total. The lowest BCUT2D eigenvalue weighted by atomic mass is 9.73. The highest BCUT2D eigenvalue weighted by molar-refractivity contribution is 7.80. The largest absolute Gasteiger partial charge is 0.497 e. The van der Waals surface area contributed by atoms with E-state index in [0.717, 1.165) is 0 Å². The van der Waals surface area contributed by atoms with Gasteiger partial charge in [0.05, 0.1) is 27.2 Å². The Morgan fingerprint density at radius 3 is 1.82 bits per heavy atom. The van der Waals surface area contributed by atoms with Gasteiger partial charge in [0.1, 0.15) is 17.3 Å². The van der Waals surface area contributed by atoms with E-state index in [4.69, 9.17) is 26.4 Å². The monoisotopic (exact) mass is 532 g/mol. The molecule has 38 heavy (non-hydrogen) atoms. The Morgan fingerprint density at radius 1 is 0.816 bits per heavy atom. The van der Waals surface area contributed by atoms with Crippen LogP contribution in [-0.2, 0) is 24.6 Å². The number of amides is 1. The van der Waals surface area contributed by atoms with Crippen LogP contribution in [0.4, 0.5) is 0 Å². The fraction of sp³-hybridized carbons (Fsp3) is 0.241. The molecule has 0 aliphatic carbocycles. The molecule has 9 heteroatoms. The first kappa shape index (κ1) is 26.8. The summed E-state index contributed by atoms with van der Waals surface area (Å²) in [5.41, 5.74) is 0.471. The number of hydrogen-bond donors (Lipinski definition) is 1. The molecule has 1 heterocycles. The number of thiocarbonyl (C=S) groups is 1. The van der Waals surface area contributed by atoms with Gasteiger partial charge >= 0.3 is 11.9 Å². The van der Waals surface area contributed by atoms with E-state index in [1.807, 2.05) is 60.7 Å². The Kier molecular flexibility index (Phi) is 8.07. The van der Waals surface area contributed by atoms with Gasteiger partial charge in [-0.1, -0.05) is 60.7 Å². The average Bonchev–Trinajstić information content (AvgIpc) is 3.34. The fourth-order valence-electron chi connectivity index (χ4n) is 5.16. The maximum atomic E-state index is 13.4. The van der Waals surface area contributed by atoms with E-state index in [9.17, 15) is 14.4 Å². The maximum absolute atomic E-state index is 13.4. The van der Waals surface area contributed by atoms with Crippen LogP contribution in [0.5, 0.6) is 5.75 Å². The lowest BCUT2D eigenvalue weighted by Crippen LogP contribution is -2.58. The molecular formula is C29H28N2O6S. The number of carbonyl (C=O) groups excluding carboxylic acids is 3. The van der Waals surface area contributed by atoms with Gasteiger partial charge in [-0.05, 0) is 54.0 Å². The van der Waals surface area contributed by atoms with E-state index in [1.165, 1.54) is 21.3 Å². The van der Waals surface area contributed by atoms with E-state index in [-0.39, 0.29) is 11.5 Å². The van der Waals surface area contributed by atoms with Gasteiger partial charge in [-0.15, -0.1) is 0 Å². The maximum Gasteiger partial charge on any atom is 0.328 e. The summed E-state index contributed by atoms with van der Waals surface area (Å²) in [4.78, 5) is 41.4. The molecule has 0 aromatic heterocycles. The van der Waals surface area contributed by atoms with Crippen molar-refractivity contribution in [2.75, 3.05) is 21.3 Å². The highest BCUT2D eigenvalue weighted by Gasteiger charge is 2.61. The highest BCUT2D eigenvalue weighted by atomic mass is 32.1. The SMILES string of the molecule is COC(=O)[C@H]1C[C@@H](C(=O)OC)C(c2ccccc2)(c2ccccc2)N1C(=S)NC(=O)c1ccc(OC)cc1. The molecule has 1 saturated heterocycles. The van der Waals surface area contributed by atoms with Gasteiger partial charge in [0.2, 0.25) is 0 Å². The molecule has 1 amide bonds. The number of likely N-dealkylation sites (tertiary alicyclic amines) is 1. The summed E-state index contributed by atoms with van der Waals surface area (Å²) >= 11 is 5.82. The lowest BCUT2D eigenvalue weighted by Gasteiger charge is -2.44. The van der Waals surface area contributed by atoms with Crippen LogP contribution in [0.1, 0.15) is 27.9 Å². The van der Waals surface area contributed by atoms with Crippen molar-refractivity contribution in [3.05, 3.63) is 102 Å². The van der Waals surface area contributed by atoms with Gasteiger partial charge < -0.3 is 19.1 Å². The topological polar surface area (TPSA) is 94.2 Å². The van der Waals surface area contributed by atoms with Crippen molar-refractivity contribution in [1.29, 1.82) is 0 Å². The molecule has 0 unspecified atom stereocenters. The number of rotatable bonds is 6.